The van der Waals surface area contributed by atoms with E-state index in [4.69, 9.17) is 31.5 Å². The molecule has 1 fully saturated rings. The monoisotopic (exact) mass is 423 g/mol. The zero-order valence-electron chi connectivity index (χ0n) is 14.9. The molecular formula is C19H18ClNO6S. The van der Waals surface area contributed by atoms with Gasteiger partial charge in [-0.2, -0.15) is 0 Å². The van der Waals surface area contributed by atoms with Gasteiger partial charge in [0.1, 0.15) is 10.8 Å². The molecule has 0 saturated heterocycles. The lowest BCUT2D eigenvalue weighted by molar-refractivity contribution is -0.145. The number of carbonyl (C=O) groups excluding carboxylic acids is 1. The standard InChI is InChI=1S/C19H18ClNO6S/c1-2-25-18(22)19(21)16(11-3-8-14-15(9-11)27-10-26-14)17(19)28(23,24)13-6-4-12(20)5-7-13/h3-9,16-17H,2,10,21H2,1H3. The third-order valence-electron chi connectivity index (χ3n) is 5.04. The fourth-order valence-corrected chi connectivity index (χ4v) is 5.99. The molecule has 28 heavy (non-hydrogen) atoms. The number of ether oxygens (including phenoxy) is 3. The van der Waals surface area contributed by atoms with Crippen LogP contribution in [0.1, 0.15) is 18.4 Å². The maximum Gasteiger partial charge on any atom is 0.328 e. The Morgan fingerprint density at radius 2 is 1.89 bits per heavy atom. The largest absolute Gasteiger partial charge is 0.465 e. The summed E-state index contributed by atoms with van der Waals surface area (Å²) in [6, 6.07) is 10.8. The highest BCUT2D eigenvalue weighted by molar-refractivity contribution is 7.92. The van der Waals surface area contributed by atoms with E-state index in [-0.39, 0.29) is 18.3 Å². The second kappa shape index (κ2) is 6.65. The first-order chi connectivity index (χ1) is 13.3. The summed E-state index contributed by atoms with van der Waals surface area (Å²) in [6.07, 6.45) is 0. The molecule has 148 valence electrons. The molecule has 0 aromatic heterocycles. The van der Waals surface area contributed by atoms with Gasteiger partial charge in [0, 0.05) is 10.9 Å². The van der Waals surface area contributed by atoms with E-state index in [0.29, 0.717) is 22.1 Å². The van der Waals surface area contributed by atoms with Crippen LogP contribution in [0.2, 0.25) is 5.02 Å². The van der Waals surface area contributed by atoms with E-state index in [2.05, 4.69) is 0 Å². The molecule has 0 spiro atoms. The van der Waals surface area contributed by atoms with Crippen molar-refractivity contribution in [2.45, 2.75) is 28.5 Å². The molecule has 2 aliphatic rings. The number of rotatable bonds is 5. The van der Waals surface area contributed by atoms with E-state index in [0.717, 1.165) is 0 Å². The van der Waals surface area contributed by atoms with E-state index in [1.54, 1.807) is 25.1 Å². The molecule has 1 aliphatic heterocycles. The molecule has 3 unspecified atom stereocenters. The lowest BCUT2D eigenvalue weighted by atomic mass is 10.1. The molecule has 2 aromatic rings. The van der Waals surface area contributed by atoms with Crippen molar-refractivity contribution in [3.63, 3.8) is 0 Å². The second-order valence-electron chi connectivity index (χ2n) is 6.66. The molecule has 3 atom stereocenters. The van der Waals surface area contributed by atoms with Gasteiger partial charge in [0.15, 0.2) is 21.3 Å². The van der Waals surface area contributed by atoms with Crippen LogP contribution in [0.15, 0.2) is 47.4 Å². The summed E-state index contributed by atoms with van der Waals surface area (Å²) in [5.41, 5.74) is 5.22. The molecular weight excluding hydrogens is 406 g/mol. The van der Waals surface area contributed by atoms with Gasteiger partial charge in [-0.05, 0) is 48.9 Å². The Morgan fingerprint density at radius 1 is 1.21 bits per heavy atom. The molecule has 0 radical (unpaired) electrons. The number of nitrogens with two attached hydrogens (primary N) is 1. The summed E-state index contributed by atoms with van der Waals surface area (Å²) in [6.45, 7) is 1.82. The first kappa shape index (κ1) is 19.0. The Hall–Kier alpha value is -2.29. The van der Waals surface area contributed by atoms with Gasteiger partial charge in [-0.1, -0.05) is 17.7 Å². The predicted molar refractivity (Wildman–Crippen MR) is 101 cm³/mol. The zero-order chi connectivity index (χ0) is 20.1. The zero-order valence-corrected chi connectivity index (χ0v) is 16.5. The van der Waals surface area contributed by atoms with Gasteiger partial charge in [0.25, 0.3) is 0 Å². The highest BCUT2D eigenvalue weighted by Gasteiger charge is 2.74. The molecule has 2 aromatic carbocycles. The summed E-state index contributed by atoms with van der Waals surface area (Å²) in [5, 5.41) is -0.757. The van der Waals surface area contributed by atoms with Crippen LogP contribution in [0, 0.1) is 0 Å². The summed E-state index contributed by atoms with van der Waals surface area (Å²) >= 11 is 5.86. The second-order valence-corrected chi connectivity index (χ2v) is 9.17. The van der Waals surface area contributed by atoms with Crippen molar-refractivity contribution < 1.29 is 27.4 Å². The Kier molecular flexibility index (Phi) is 4.52. The molecule has 1 heterocycles. The summed E-state index contributed by atoms with van der Waals surface area (Å²) in [7, 11) is -3.92. The molecule has 7 nitrogen and oxygen atoms in total. The van der Waals surface area contributed by atoms with Gasteiger partial charge >= 0.3 is 5.97 Å². The van der Waals surface area contributed by atoms with E-state index in [1.807, 2.05) is 0 Å². The SMILES string of the molecule is CCOC(=O)C1(N)C(c2ccc3c(c2)OCO3)C1S(=O)(=O)c1ccc(Cl)cc1. The van der Waals surface area contributed by atoms with Crippen LogP contribution < -0.4 is 15.2 Å². The number of sulfone groups is 1. The average molecular weight is 424 g/mol. The molecule has 1 saturated carbocycles. The van der Waals surface area contributed by atoms with Crippen molar-refractivity contribution in [2.75, 3.05) is 13.4 Å². The van der Waals surface area contributed by atoms with Crippen molar-refractivity contribution in [3.05, 3.63) is 53.1 Å². The molecule has 9 heteroatoms. The van der Waals surface area contributed by atoms with Crippen molar-refractivity contribution in [2.24, 2.45) is 5.73 Å². The highest BCUT2D eigenvalue weighted by atomic mass is 35.5. The molecule has 0 bridgehead atoms. The predicted octanol–water partition coefficient (Wildman–Crippen LogP) is 2.27. The van der Waals surface area contributed by atoms with Gasteiger partial charge in [0.05, 0.1) is 11.5 Å². The van der Waals surface area contributed by atoms with E-state index in [9.17, 15) is 13.2 Å². The fourth-order valence-electron chi connectivity index (χ4n) is 3.64. The molecule has 0 amide bonds. The van der Waals surface area contributed by atoms with Gasteiger partial charge in [-0.25, -0.2) is 13.2 Å². The average Bonchev–Trinajstić information content (AvgIpc) is 3.07. The number of halogens is 1. The minimum atomic E-state index is -3.92. The van der Waals surface area contributed by atoms with E-state index >= 15 is 0 Å². The summed E-state index contributed by atoms with van der Waals surface area (Å²) in [4.78, 5) is 12.6. The van der Waals surface area contributed by atoms with Crippen LogP contribution in [0.4, 0.5) is 0 Å². The smallest absolute Gasteiger partial charge is 0.328 e. The Balaban J connectivity index is 1.77. The van der Waals surface area contributed by atoms with E-state index < -0.39 is 32.5 Å². The quantitative estimate of drug-likeness (QED) is 0.735. The van der Waals surface area contributed by atoms with Crippen molar-refractivity contribution in [3.8, 4) is 11.5 Å². The first-order valence-electron chi connectivity index (χ1n) is 8.65. The first-order valence-corrected chi connectivity index (χ1v) is 10.6. The number of fused-ring (bicyclic) bond motifs is 1. The van der Waals surface area contributed by atoms with Crippen molar-refractivity contribution >= 4 is 27.4 Å². The van der Waals surface area contributed by atoms with Gasteiger partial charge in [-0.15, -0.1) is 0 Å². The Labute approximate surface area is 167 Å². The number of hydrogen-bond acceptors (Lipinski definition) is 7. The Morgan fingerprint density at radius 3 is 2.57 bits per heavy atom. The van der Waals surface area contributed by atoms with Crippen LogP contribution in [0.25, 0.3) is 0 Å². The highest BCUT2D eigenvalue weighted by Crippen LogP contribution is 2.57. The fraction of sp³-hybridized carbons (Fsp3) is 0.316. The van der Waals surface area contributed by atoms with Gasteiger partial charge in [-0.3, -0.25) is 0 Å². The van der Waals surface area contributed by atoms with Gasteiger partial charge < -0.3 is 19.9 Å². The van der Waals surface area contributed by atoms with Crippen LogP contribution >= 0.6 is 11.6 Å². The number of benzene rings is 2. The minimum absolute atomic E-state index is 0.0456. The van der Waals surface area contributed by atoms with Crippen molar-refractivity contribution in [1.82, 2.24) is 0 Å². The lowest BCUT2D eigenvalue weighted by Crippen LogP contribution is -2.41. The third-order valence-corrected chi connectivity index (χ3v) is 7.55. The molecule has 1 aliphatic carbocycles. The number of hydrogen-bond donors (Lipinski definition) is 1. The van der Waals surface area contributed by atoms with Crippen LogP contribution in [-0.4, -0.2) is 38.6 Å². The summed E-state index contributed by atoms with van der Waals surface area (Å²) in [5.74, 6) is -0.486. The van der Waals surface area contributed by atoms with Crippen LogP contribution in [-0.2, 0) is 19.4 Å². The third kappa shape index (κ3) is 2.83. The normalized spacial score (nSPS) is 25.4. The molecule has 2 N–H and O–H groups in total. The van der Waals surface area contributed by atoms with E-state index in [1.165, 1.54) is 24.3 Å². The minimum Gasteiger partial charge on any atom is -0.465 e. The van der Waals surface area contributed by atoms with Gasteiger partial charge in [0.2, 0.25) is 6.79 Å². The summed E-state index contributed by atoms with van der Waals surface area (Å²) < 4.78 is 42.3. The topological polar surface area (TPSA) is 105 Å². The molecule has 4 rings (SSSR count). The maximum absolute atomic E-state index is 13.3. The van der Waals surface area contributed by atoms with Crippen molar-refractivity contribution in [1.29, 1.82) is 0 Å². The lowest BCUT2D eigenvalue weighted by Gasteiger charge is -2.11. The Bertz CT molecular complexity index is 1040. The maximum atomic E-state index is 13.3. The number of carbonyl (C=O) groups is 1. The van der Waals surface area contributed by atoms with Crippen LogP contribution in [0.3, 0.4) is 0 Å². The van der Waals surface area contributed by atoms with Crippen LogP contribution in [0.5, 0.6) is 11.5 Å². The number of esters is 1.